The number of carboxylic acids is 1. The van der Waals surface area contributed by atoms with Crippen LogP contribution in [-0.4, -0.2) is 48.7 Å². The van der Waals surface area contributed by atoms with Gasteiger partial charge in [0.2, 0.25) is 0 Å². The number of hydrogen-bond donors (Lipinski definition) is 2. The molecule has 0 radical (unpaired) electrons. The smallest absolute Gasteiger partial charge is 0.327 e. The summed E-state index contributed by atoms with van der Waals surface area (Å²) in [6.45, 7) is 7.39. The van der Waals surface area contributed by atoms with Gasteiger partial charge in [-0.2, -0.15) is 0 Å². The second-order valence-electron chi connectivity index (χ2n) is 8.08. The highest BCUT2D eigenvalue weighted by Crippen LogP contribution is 2.55. The van der Waals surface area contributed by atoms with Crippen molar-refractivity contribution in [2.75, 3.05) is 5.32 Å². The Morgan fingerprint density at radius 1 is 1.32 bits per heavy atom. The highest BCUT2D eigenvalue weighted by atomic mass is 32.2. The zero-order chi connectivity index (χ0) is 20.3. The molecular formula is C20H23N3O4S. The molecule has 2 N–H and O–H groups in total. The Morgan fingerprint density at radius 2 is 2.00 bits per heavy atom. The number of anilines is 1. The van der Waals surface area contributed by atoms with E-state index in [1.54, 1.807) is 0 Å². The summed E-state index contributed by atoms with van der Waals surface area (Å²) in [5.74, 6) is -0.524. The number of carbonyl (C=O) groups is 2. The number of nitrogens with zero attached hydrogens (tertiary/aromatic N) is 2. The van der Waals surface area contributed by atoms with E-state index in [2.05, 4.69) is 10.5 Å². The molecule has 0 spiro atoms. The number of carboxylic acid groups (broad SMARTS) is 1. The van der Waals surface area contributed by atoms with Gasteiger partial charge in [-0.15, -0.1) is 11.8 Å². The summed E-state index contributed by atoms with van der Waals surface area (Å²) in [6.07, 6.45) is 0.555. The molecule has 3 atom stereocenters. The first-order chi connectivity index (χ1) is 13.1. The molecule has 1 unspecified atom stereocenters. The van der Waals surface area contributed by atoms with Gasteiger partial charge in [-0.05, 0) is 33.3 Å². The average Bonchev–Trinajstić information content (AvgIpc) is 3.12. The Hall–Kier alpha value is -2.48. The van der Waals surface area contributed by atoms with E-state index in [1.807, 2.05) is 58.0 Å². The van der Waals surface area contributed by atoms with Crippen LogP contribution in [0.4, 0.5) is 5.69 Å². The normalized spacial score (nSPS) is 28.0. The Morgan fingerprint density at radius 3 is 2.64 bits per heavy atom. The average molecular weight is 401 g/mol. The molecule has 28 heavy (non-hydrogen) atoms. The predicted molar refractivity (Wildman–Crippen MR) is 106 cm³/mol. The fourth-order valence-electron chi connectivity index (χ4n) is 4.08. The molecule has 2 aromatic rings. The van der Waals surface area contributed by atoms with E-state index in [0.29, 0.717) is 23.6 Å². The van der Waals surface area contributed by atoms with E-state index in [-0.39, 0.29) is 11.3 Å². The molecule has 2 aliphatic rings. The number of aromatic nitrogens is 1. The first-order valence-corrected chi connectivity index (χ1v) is 10.0. The maximum Gasteiger partial charge on any atom is 0.327 e. The second-order valence-corrected chi connectivity index (χ2v) is 9.82. The number of thioether (sulfide) groups is 1. The van der Waals surface area contributed by atoms with Gasteiger partial charge in [-0.3, -0.25) is 4.79 Å². The van der Waals surface area contributed by atoms with Crippen LogP contribution in [0.25, 0.3) is 0 Å². The van der Waals surface area contributed by atoms with Gasteiger partial charge in [0.15, 0.2) is 5.76 Å². The van der Waals surface area contributed by atoms with Gasteiger partial charge in [0, 0.05) is 11.2 Å². The number of amides is 1. The maximum atomic E-state index is 13.0. The van der Waals surface area contributed by atoms with E-state index in [4.69, 9.17) is 4.52 Å². The third-order valence-electron chi connectivity index (χ3n) is 5.54. The van der Waals surface area contributed by atoms with E-state index in [9.17, 15) is 14.7 Å². The number of fused-ring (bicyclic) bond motifs is 1. The van der Waals surface area contributed by atoms with Crippen LogP contribution in [-0.2, 0) is 16.0 Å². The molecule has 7 nitrogen and oxygen atoms in total. The third kappa shape index (κ3) is 2.70. The van der Waals surface area contributed by atoms with Crippen molar-refractivity contribution in [3.63, 3.8) is 0 Å². The molecule has 0 saturated carbocycles. The fourth-order valence-corrected chi connectivity index (χ4v) is 5.72. The summed E-state index contributed by atoms with van der Waals surface area (Å²) >= 11 is 1.51. The van der Waals surface area contributed by atoms with Gasteiger partial charge in [-0.25, -0.2) is 4.79 Å². The number of β-lactam (4-membered cyclic amide) rings is 1. The Kier molecular flexibility index (Phi) is 4.22. The first kappa shape index (κ1) is 18.9. The number of hydrogen-bond acceptors (Lipinski definition) is 6. The zero-order valence-electron chi connectivity index (χ0n) is 16.2. The van der Waals surface area contributed by atoms with Crippen molar-refractivity contribution < 1.29 is 19.2 Å². The van der Waals surface area contributed by atoms with Crippen molar-refractivity contribution in [2.45, 2.75) is 55.8 Å². The third-order valence-corrected chi connectivity index (χ3v) is 7.29. The topological polar surface area (TPSA) is 95.7 Å². The van der Waals surface area contributed by atoms with Crippen LogP contribution in [0.1, 0.15) is 37.8 Å². The number of aliphatic carboxylic acids is 1. The molecule has 0 aliphatic carbocycles. The minimum absolute atomic E-state index is 0.214. The van der Waals surface area contributed by atoms with Crippen LogP contribution < -0.4 is 5.32 Å². The van der Waals surface area contributed by atoms with Crippen LogP contribution >= 0.6 is 11.8 Å². The first-order valence-electron chi connectivity index (χ1n) is 9.16. The van der Waals surface area contributed by atoms with Crippen molar-refractivity contribution in [2.24, 2.45) is 0 Å². The maximum absolute atomic E-state index is 13.0. The van der Waals surface area contributed by atoms with Gasteiger partial charge in [-0.1, -0.05) is 35.5 Å². The lowest BCUT2D eigenvalue weighted by Gasteiger charge is -2.51. The molecule has 3 heterocycles. The number of nitrogens with one attached hydrogen (secondary N) is 1. The van der Waals surface area contributed by atoms with Gasteiger partial charge in [0.1, 0.15) is 28.3 Å². The van der Waals surface area contributed by atoms with Crippen LogP contribution in [0.3, 0.4) is 0 Å². The summed E-state index contributed by atoms with van der Waals surface area (Å²) in [7, 11) is 0. The molecule has 8 heteroatoms. The van der Waals surface area contributed by atoms with Crippen LogP contribution in [0, 0.1) is 6.92 Å². The standard InChI is InChI=1S/C20H23N3O4S/c1-11-14(13(27-22-11)10-12-8-6-5-7-9-12)21-20(4)17(26)23-15(16(24)25)19(2,3)28-18(20)23/h5-9,15,18,21H,10H2,1-4H3,(H,24,25)/t15-,18+,20?/m0/s1. The minimum atomic E-state index is -0.971. The van der Waals surface area contributed by atoms with Gasteiger partial charge >= 0.3 is 5.97 Å². The molecule has 2 saturated heterocycles. The summed E-state index contributed by atoms with van der Waals surface area (Å²) in [4.78, 5) is 26.2. The van der Waals surface area contributed by atoms with Crippen LogP contribution in [0.2, 0.25) is 0 Å². The van der Waals surface area contributed by atoms with Gasteiger partial charge in [0.05, 0.1) is 0 Å². The predicted octanol–water partition coefficient (Wildman–Crippen LogP) is 2.89. The lowest BCUT2D eigenvalue weighted by Crippen LogP contribution is -2.75. The lowest BCUT2D eigenvalue weighted by atomic mass is 9.85. The molecule has 1 aromatic heterocycles. The number of benzene rings is 1. The van der Waals surface area contributed by atoms with Crippen molar-refractivity contribution in [1.29, 1.82) is 0 Å². The molecular weight excluding hydrogens is 378 g/mol. The monoisotopic (exact) mass is 401 g/mol. The minimum Gasteiger partial charge on any atom is -0.480 e. The summed E-state index contributed by atoms with van der Waals surface area (Å²) in [6, 6.07) is 9.05. The van der Waals surface area contributed by atoms with E-state index >= 15 is 0 Å². The highest BCUT2D eigenvalue weighted by Gasteiger charge is 2.69. The number of carbonyl (C=O) groups excluding carboxylic acids is 1. The van der Waals surface area contributed by atoms with Crippen molar-refractivity contribution in [3.8, 4) is 0 Å². The largest absolute Gasteiger partial charge is 0.480 e. The zero-order valence-corrected chi connectivity index (χ0v) is 17.0. The summed E-state index contributed by atoms with van der Waals surface area (Å²) in [5, 5.41) is 16.8. The Bertz CT molecular complexity index is 942. The highest BCUT2D eigenvalue weighted by molar-refractivity contribution is 8.01. The van der Waals surface area contributed by atoms with Gasteiger partial charge in [0.25, 0.3) is 5.91 Å². The lowest BCUT2D eigenvalue weighted by molar-refractivity contribution is -0.163. The van der Waals surface area contributed by atoms with E-state index < -0.39 is 22.3 Å². The van der Waals surface area contributed by atoms with Crippen molar-refractivity contribution in [3.05, 3.63) is 47.3 Å². The summed E-state index contributed by atoms with van der Waals surface area (Å²) in [5.41, 5.74) is 1.55. The number of rotatable bonds is 5. The Balaban J connectivity index is 1.61. The molecule has 1 amide bonds. The fraction of sp³-hybridized carbons (Fsp3) is 0.450. The molecule has 2 aliphatic heterocycles. The molecule has 0 bridgehead atoms. The SMILES string of the molecule is Cc1noc(Cc2ccccc2)c1NC1(C)C(=O)N2[C@@H](C(=O)O)C(C)(C)S[C@@H]21. The van der Waals surface area contributed by atoms with E-state index in [1.165, 1.54) is 16.7 Å². The summed E-state index contributed by atoms with van der Waals surface area (Å²) < 4.78 is 4.96. The van der Waals surface area contributed by atoms with E-state index in [0.717, 1.165) is 5.56 Å². The molecule has 1 aromatic carbocycles. The quantitative estimate of drug-likeness (QED) is 0.744. The molecule has 2 fully saturated rings. The van der Waals surface area contributed by atoms with Gasteiger partial charge < -0.3 is 19.8 Å². The molecule has 4 rings (SSSR count). The molecule has 148 valence electrons. The van der Waals surface area contributed by atoms with Crippen molar-refractivity contribution in [1.82, 2.24) is 10.1 Å². The van der Waals surface area contributed by atoms with Crippen LogP contribution in [0.5, 0.6) is 0 Å². The number of aryl methyl sites for hydroxylation is 1. The Labute approximate surface area is 167 Å². The second kappa shape index (κ2) is 6.27. The van der Waals surface area contributed by atoms with Crippen LogP contribution in [0.15, 0.2) is 34.9 Å². The van der Waals surface area contributed by atoms with Crippen molar-refractivity contribution >= 4 is 29.3 Å².